The molecule has 0 amide bonds. The predicted molar refractivity (Wildman–Crippen MR) is 136 cm³/mol. The maximum absolute atomic E-state index is 13.2. The van der Waals surface area contributed by atoms with Gasteiger partial charge in [-0.1, -0.05) is 49.4 Å². The van der Waals surface area contributed by atoms with E-state index < -0.39 is 11.5 Å². The van der Waals surface area contributed by atoms with Gasteiger partial charge in [-0.25, -0.2) is 4.79 Å². The Labute approximate surface area is 203 Å². The molecule has 0 radical (unpaired) electrons. The smallest absolute Gasteiger partial charge is 0.344 e. The first-order valence-corrected chi connectivity index (χ1v) is 10.8. The van der Waals surface area contributed by atoms with Crippen molar-refractivity contribution in [3.05, 3.63) is 105 Å². The molecule has 1 aliphatic rings. The van der Waals surface area contributed by atoms with Crippen LogP contribution in [0.15, 0.2) is 81.3 Å². The van der Waals surface area contributed by atoms with E-state index in [1.54, 1.807) is 13.2 Å². The van der Waals surface area contributed by atoms with Crippen molar-refractivity contribution < 1.29 is 13.9 Å². The van der Waals surface area contributed by atoms with E-state index in [0.29, 0.717) is 28.0 Å². The average molecular weight is 467 g/mol. The summed E-state index contributed by atoms with van der Waals surface area (Å²) in [6.45, 7) is 3.96. The molecule has 0 saturated heterocycles. The largest absolute Gasteiger partial charge is 0.496 e. The van der Waals surface area contributed by atoms with Crippen molar-refractivity contribution in [3.8, 4) is 28.7 Å². The molecule has 6 heteroatoms. The van der Waals surface area contributed by atoms with Gasteiger partial charge in [-0.15, -0.1) is 0 Å². The lowest BCUT2D eigenvalue weighted by Gasteiger charge is -2.26. The van der Waals surface area contributed by atoms with Crippen LogP contribution in [-0.2, 0) is 0 Å². The van der Waals surface area contributed by atoms with Gasteiger partial charge in [0.25, 0.3) is 0 Å². The summed E-state index contributed by atoms with van der Waals surface area (Å²) in [7, 11) is 1.61. The highest BCUT2D eigenvalue weighted by Gasteiger charge is 2.36. The van der Waals surface area contributed by atoms with Crippen molar-refractivity contribution >= 4 is 11.0 Å². The second-order valence-corrected chi connectivity index (χ2v) is 8.33. The van der Waals surface area contributed by atoms with E-state index in [0.717, 1.165) is 22.3 Å². The minimum absolute atomic E-state index is 0. The van der Waals surface area contributed by atoms with Crippen LogP contribution < -0.4 is 20.8 Å². The van der Waals surface area contributed by atoms with Crippen molar-refractivity contribution in [2.45, 2.75) is 27.2 Å². The zero-order valence-electron chi connectivity index (χ0n) is 19.0. The molecule has 0 fully saturated rings. The van der Waals surface area contributed by atoms with Gasteiger partial charge in [-0.2, -0.15) is 5.26 Å². The Morgan fingerprint density at radius 1 is 1.03 bits per heavy atom. The van der Waals surface area contributed by atoms with Crippen molar-refractivity contribution in [2.24, 2.45) is 5.73 Å². The van der Waals surface area contributed by atoms with Crippen LogP contribution in [-0.4, -0.2) is 7.11 Å². The maximum atomic E-state index is 13.2. The van der Waals surface area contributed by atoms with Gasteiger partial charge in [0, 0.05) is 5.56 Å². The molecule has 4 aromatic rings. The number of aryl methyl sites for hydroxylation is 2. The fourth-order valence-corrected chi connectivity index (χ4v) is 4.56. The summed E-state index contributed by atoms with van der Waals surface area (Å²) in [4.78, 5) is 13.2. The molecule has 3 aromatic carbocycles. The van der Waals surface area contributed by atoms with Crippen LogP contribution in [0.25, 0.3) is 22.1 Å². The lowest BCUT2D eigenvalue weighted by atomic mass is 9.82. The zero-order chi connectivity index (χ0) is 24.0. The Balaban J connectivity index is 0.00000289. The quantitative estimate of drug-likeness (QED) is 0.375. The number of hydrogen-bond donors (Lipinski definition) is 1. The Kier molecular flexibility index (Phi) is 6.10. The number of ether oxygens (including phenoxy) is 2. The minimum Gasteiger partial charge on any atom is -0.496 e. The summed E-state index contributed by atoms with van der Waals surface area (Å²) in [6, 6.07) is 21.2. The van der Waals surface area contributed by atoms with Crippen LogP contribution in [0.1, 0.15) is 35.6 Å². The molecule has 1 aromatic heterocycles. The number of allylic oxidation sites excluding steroid dienone is 1. The molecule has 0 bridgehead atoms. The first kappa shape index (κ1) is 23.7. The van der Waals surface area contributed by atoms with Crippen LogP contribution >= 0.6 is 0 Å². The summed E-state index contributed by atoms with van der Waals surface area (Å²) < 4.78 is 17.1. The highest BCUT2D eigenvalue weighted by molar-refractivity contribution is 5.87. The normalized spacial score (nSPS) is 14.5. The van der Waals surface area contributed by atoms with E-state index in [-0.39, 0.29) is 24.4 Å². The number of nitrogens with zero attached hydrogens (tertiary/aromatic N) is 1. The van der Waals surface area contributed by atoms with Gasteiger partial charge in [-0.05, 0) is 54.8 Å². The number of fused-ring (bicyclic) bond motifs is 3. The first-order valence-electron chi connectivity index (χ1n) is 10.8. The standard InChI is InChI=1S/C28H22N2O4.CH4/c1-15-8-10-23-20(12-15)26-25(28(31)33-23)24(21(14-29)27(30)34-26)17-9-11-22(32-3)19(13-17)18-7-5-4-6-16(18)2;/h4-13,24H,30H2,1-3H3;1H4. The van der Waals surface area contributed by atoms with Crippen LogP contribution in [0, 0.1) is 25.2 Å². The molecule has 2 N–H and O–H groups in total. The molecule has 35 heavy (non-hydrogen) atoms. The fourth-order valence-electron chi connectivity index (χ4n) is 4.56. The number of methoxy groups -OCH3 is 1. The van der Waals surface area contributed by atoms with Crippen LogP contribution in [0.4, 0.5) is 0 Å². The summed E-state index contributed by atoms with van der Waals surface area (Å²) in [5.74, 6) is 0.233. The molecule has 0 saturated carbocycles. The Morgan fingerprint density at radius 3 is 2.51 bits per heavy atom. The van der Waals surface area contributed by atoms with Gasteiger partial charge < -0.3 is 19.6 Å². The van der Waals surface area contributed by atoms with Crippen LogP contribution in [0.2, 0.25) is 0 Å². The summed E-state index contributed by atoms with van der Waals surface area (Å²) >= 11 is 0. The number of rotatable bonds is 3. The molecule has 2 heterocycles. The highest BCUT2D eigenvalue weighted by atomic mass is 16.5. The summed E-state index contributed by atoms with van der Waals surface area (Å²) in [6.07, 6.45) is 0. The Bertz CT molecular complexity index is 1590. The SMILES string of the molecule is C.COc1ccc(C2C(C#N)=C(N)Oc3c2c(=O)oc2ccc(C)cc32)cc1-c1ccccc1C. The van der Waals surface area contributed by atoms with E-state index in [9.17, 15) is 10.1 Å². The van der Waals surface area contributed by atoms with Gasteiger partial charge >= 0.3 is 5.63 Å². The number of nitriles is 1. The Hall–Kier alpha value is -4.50. The third kappa shape index (κ3) is 3.81. The van der Waals surface area contributed by atoms with Crippen LogP contribution in [0.3, 0.4) is 0 Å². The lowest BCUT2D eigenvalue weighted by molar-refractivity contribution is 0.388. The molecule has 6 nitrogen and oxygen atoms in total. The van der Waals surface area contributed by atoms with E-state index in [1.165, 1.54) is 0 Å². The molecule has 1 aliphatic heterocycles. The highest BCUT2D eigenvalue weighted by Crippen LogP contribution is 2.45. The molecular weight excluding hydrogens is 440 g/mol. The third-order valence-electron chi connectivity index (χ3n) is 6.21. The molecular formula is C29H26N2O4. The van der Waals surface area contributed by atoms with Gasteiger partial charge in [0.1, 0.15) is 23.0 Å². The third-order valence-corrected chi connectivity index (χ3v) is 6.21. The Morgan fingerprint density at radius 2 is 1.80 bits per heavy atom. The summed E-state index contributed by atoms with van der Waals surface area (Å²) in [5.41, 5.74) is 11.1. The second kappa shape index (κ2) is 9.03. The average Bonchev–Trinajstić information content (AvgIpc) is 2.84. The zero-order valence-corrected chi connectivity index (χ0v) is 19.0. The molecule has 0 aliphatic carbocycles. The van der Waals surface area contributed by atoms with E-state index >= 15 is 0 Å². The minimum atomic E-state index is -0.747. The number of hydrogen-bond acceptors (Lipinski definition) is 6. The number of benzene rings is 3. The van der Waals surface area contributed by atoms with Gasteiger partial charge in [0.2, 0.25) is 5.88 Å². The van der Waals surface area contributed by atoms with Gasteiger partial charge in [-0.3, -0.25) is 0 Å². The van der Waals surface area contributed by atoms with E-state index in [1.807, 2.05) is 68.4 Å². The fraction of sp³-hybridized carbons (Fsp3) is 0.172. The van der Waals surface area contributed by atoms with Gasteiger partial charge in [0.05, 0.1) is 24.0 Å². The van der Waals surface area contributed by atoms with E-state index in [4.69, 9.17) is 19.6 Å². The molecule has 5 rings (SSSR count). The van der Waals surface area contributed by atoms with Crippen LogP contribution in [0.5, 0.6) is 11.5 Å². The van der Waals surface area contributed by atoms with Crippen molar-refractivity contribution in [1.82, 2.24) is 0 Å². The topological polar surface area (TPSA) is 98.5 Å². The molecule has 1 atom stereocenters. The molecule has 176 valence electrons. The van der Waals surface area contributed by atoms with E-state index in [2.05, 4.69) is 6.07 Å². The molecule has 0 spiro atoms. The van der Waals surface area contributed by atoms with Crippen molar-refractivity contribution in [3.63, 3.8) is 0 Å². The van der Waals surface area contributed by atoms with Crippen molar-refractivity contribution in [2.75, 3.05) is 7.11 Å². The summed E-state index contributed by atoms with van der Waals surface area (Å²) in [5, 5.41) is 10.6. The monoisotopic (exact) mass is 466 g/mol. The number of nitrogens with two attached hydrogens (primary N) is 1. The van der Waals surface area contributed by atoms with Crippen molar-refractivity contribution in [1.29, 1.82) is 5.26 Å². The lowest BCUT2D eigenvalue weighted by Crippen LogP contribution is -2.26. The molecule has 1 unspecified atom stereocenters. The first-order chi connectivity index (χ1) is 16.4. The predicted octanol–water partition coefficient (Wildman–Crippen LogP) is 5.94. The maximum Gasteiger partial charge on any atom is 0.344 e. The second-order valence-electron chi connectivity index (χ2n) is 8.33. The van der Waals surface area contributed by atoms with Gasteiger partial charge in [0.15, 0.2) is 5.75 Å².